The van der Waals surface area contributed by atoms with Crippen LogP contribution in [0.15, 0.2) is 66.0 Å². The number of carboxylic acids is 1. The zero-order valence-corrected chi connectivity index (χ0v) is 21.3. The van der Waals surface area contributed by atoms with E-state index in [4.69, 9.17) is 0 Å². The van der Waals surface area contributed by atoms with Crippen LogP contribution in [0.1, 0.15) is 64.2 Å². The molecule has 35 heavy (non-hydrogen) atoms. The van der Waals surface area contributed by atoms with Crippen molar-refractivity contribution in [3.63, 3.8) is 0 Å². The summed E-state index contributed by atoms with van der Waals surface area (Å²) in [6.07, 6.45) is 0.217. The monoisotopic (exact) mass is 489 g/mol. The van der Waals surface area contributed by atoms with Gasteiger partial charge in [-0.2, -0.15) is 0 Å². The Kier molecular flexibility index (Phi) is 7.22. The molecule has 1 aromatic heterocycles. The van der Waals surface area contributed by atoms with Crippen LogP contribution in [0, 0.1) is 25.7 Å². The lowest BCUT2D eigenvalue weighted by molar-refractivity contribution is -0.150. The maximum absolute atomic E-state index is 14.2. The second-order valence-corrected chi connectivity index (χ2v) is 10.8. The number of hydrogen-bond acceptors (Lipinski definition) is 4. The average molecular weight is 490 g/mol. The van der Waals surface area contributed by atoms with Gasteiger partial charge in [-0.1, -0.05) is 79.6 Å². The Balaban J connectivity index is 1.96. The molecular weight excluding hydrogens is 458 g/mol. The van der Waals surface area contributed by atoms with Crippen LogP contribution in [-0.4, -0.2) is 33.7 Å². The van der Waals surface area contributed by atoms with Gasteiger partial charge in [0.1, 0.15) is 6.04 Å². The number of rotatable bonds is 7. The van der Waals surface area contributed by atoms with Gasteiger partial charge < -0.3 is 10.0 Å². The molecule has 0 spiro atoms. The topological polar surface area (TPSA) is 74.7 Å². The van der Waals surface area contributed by atoms with Gasteiger partial charge in [0, 0.05) is 22.8 Å². The van der Waals surface area contributed by atoms with Gasteiger partial charge in [0.2, 0.25) is 5.91 Å². The maximum Gasteiger partial charge on any atom is 0.327 e. The molecule has 1 aliphatic rings. The summed E-state index contributed by atoms with van der Waals surface area (Å²) >= 11 is 1.43. The van der Waals surface area contributed by atoms with Crippen molar-refractivity contribution < 1.29 is 19.5 Å². The molecule has 1 fully saturated rings. The SMILES string of the molecule is Cc1ccc(C(=O)C2C(c3cccs3)C(C(=O)O)N(C(=O)CC(C)C)C2c2cccc(C)c2)cc1. The molecule has 0 saturated carbocycles. The molecule has 2 heterocycles. The first-order chi connectivity index (χ1) is 16.7. The Morgan fingerprint density at radius 2 is 1.69 bits per heavy atom. The molecule has 1 N–H and O–H groups in total. The molecule has 0 bridgehead atoms. The Hall–Kier alpha value is -3.25. The lowest BCUT2D eigenvalue weighted by Crippen LogP contribution is -2.44. The number of Topliss-reactive ketones (excluding diaryl/α,β-unsaturated/α-hetero) is 1. The summed E-state index contributed by atoms with van der Waals surface area (Å²) in [4.78, 5) is 42.9. The lowest BCUT2D eigenvalue weighted by atomic mass is 9.78. The van der Waals surface area contributed by atoms with Gasteiger partial charge in [-0.25, -0.2) is 4.79 Å². The third kappa shape index (κ3) is 4.94. The van der Waals surface area contributed by atoms with Crippen LogP contribution in [0.4, 0.5) is 0 Å². The second-order valence-electron chi connectivity index (χ2n) is 9.84. The molecule has 2 aromatic carbocycles. The number of hydrogen-bond donors (Lipinski definition) is 1. The first-order valence-corrected chi connectivity index (χ1v) is 12.8. The van der Waals surface area contributed by atoms with Crippen molar-refractivity contribution >= 4 is 29.0 Å². The summed E-state index contributed by atoms with van der Waals surface area (Å²) in [5, 5.41) is 12.4. The zero-order valence-electron chi connectivity index (χ0n) is 20.5. The molecule has 4 rings (SSSR count). The highest BCUT2D eigenvalue weighted by Crippen LogP contribution is 2.52. The third-order valence-corrected chi connectivity index (χ3v) is 7.66. The van der Waals surface area contributed by atoms with E-state index in [-0.39, 0.29) is 24.0 Å². The summed E-state index contributed by atoms with van der Waals surface area (Å²) in [5.41, 5.74) is 3.35. The number of nitrogens with zero attached hydrogens (tertiary/aromatic N) is 1. The fraction of sp³-hybridized carbons (Fsp3) is 0.345. The Morgan fingerprint density at radius 3 is 2.26 bits per heavy atom. The van der Waals surface area contributed by atoms with Crippen molar-refractivity contribution in [2.24, 2.45) is 11.8 Å². The van der Waals surface area contributed by atoms with E-state index in [1.165, 1.54) is 16.2 Å². The molecular formula is C29H31NO4S. The molecule has 0 radical (unpaired) electrons. The van der Waals surface area contributed by atoms with E-state index in [2.05, 4.69) is 0 Å². The second kappa shape index (κ2) is 10.2. The van der Waals surface area contributed by atoms with Crippen LogP contribution >= 0.6 is 11.3 Å². The van der Waals surface area contributed by atoms with E-state index in [0.717, 1.165) is 21.6 Å². The van der Waals surface area contributed by atoms with Crippen LogP contribution in [0.2, 0.25) is 0 Å². The standard InChI is InChI=1S/C29H31NO4S/c1-17(2)15-23(31)30-26(21-8-5-7-19(4)16-21)25(28(32)20-12-10-18(3)11-13-20)24(27(30)29(33)34)22-9-6-14-35-22/h5-14,16-17,24-27H,15H2,1-4H3,(H,33,34). The number of carbonyl (C=O) groups is 3. The van der Waals surface area contributed by atoms with E-state index >= 15 is 0 Å². The summed E-state index contributed by atoms with van der Waals surface area (Å²) in [6.45, 7) is 7.80. The van der Waals surface area contributed by atoms with Crippen LogP contribution in [-0.2, 0) is 9.59 Å². The number of thiophene rings is 1. The van der Waals surface area contributed by atoms with E-state index in [1.54, 1.807) is 12.1 Å². The molecule has 1 saturated heterocycles. The molecule has 5 nitrogen and oxygen atoms in total. The number of aliphatic carboxylic acids is 1. The highest BCUT2D eigenvalue weighted by atomic mass is 32.1. The lowest BCUT2D eigenvalue weighted by Gasteiger charge is -2.31. The molecule has 1 aliphatic heterocycles. The van der Waals surface area contributed by atoms with Crippen molar-refractivity contribution in [2.75, 3.05) is 0 Å². The predicted octanol–water partition coefficient (Wildman–Crippen LogP) is 6.03. The molecule has 182 valence electrons. The maximum atomic E-state index is 14.2. The summed E-state index contributed by atoms with van der Waals surface area (Å²) in [5.74, 6) is -2.78. The van der Waals surface area contributed by atoms with Crippen LogP contribution in [0.5, 0.6) is 0 Å². The van der Waals surface area contributed by atoms with Crippen molar-refractivity contribution in [3.05, 3.63) is 93.2 Å². The molecule has 1 amide bonds. The number of aryl methyl sites for hydroxylation is 2. The highest BCUT2D eigenvalue weighted by Gasteiger charge is 2.57. The van der Waals surface area contributed by atoms with Crippen LogP contribution in [0.3, 0.4) is 0 Å². The number of carboxylic acid groups (broad SMARTS) is 1. The van der Waals surface area contributed by atoms with Crippen molar-refractivity contribution in [1.82, 2.24) is 4.90 Å². The van der Waals surface area contributed by atoms with Gasteiger partial charge in [-0.3, -0.25) is 9.59 Å². The quantitative estimate of drug-likeness (QED) is 0.411. The van der Waals surface area contributed by atoms with Crippen LogP contribution < -0.4 is 0 Å². The minimum absolute atomic E-state index is 0.0575. The van der Waals surface area contributed by atoms with Gasteiger partial charge in [0.05, 0.1) is 12.0 Å². The zero-order chi connectivity index (χ0) is 25.3. The number of likely N-dealkylation sites (tertiary alicyclic amines) is 1. The van der Waals surface area contributed by atoms with Gasteiger partial charge >= 0.3 is 5.97 Å². The Morgan fingerprint density at radius 1 is 0.971 bits per heavy atom. The summed E-state index contributed by atoms with van der Waals surface area (Å²) in [7, 11) is 0. The normalized spacial score (nSPS) is 21.9. The number of amides is 1. The van der Waals surface area contributed by atoms with E-state index in [0.29, 0.717) is 5.56 Å². The number of carbonyl (C=O) groups excluding carboxylic acids is 2. The van der Waals surface area contributed by atoms with E-state index in [1.807, 2.05) is 81.6 Å². The van der Waals surface area contributed by atoms with Crippen molar-refractivity contribution in [1.29, 1.82) is 0 Å². The van der Waals surface area contributed by atoms with Gasteiger partial charge in [-0.05, 0) is 36.8 Å². The predicted molar refractivity (Wildman–Crippen MR) is 138 cm³/mol. The largest absolute Gasteiger partial charge is 0.480 e. The fourth-order valence-corrected chi connectivity index (χ4v) is 6.11. The molecule has 3 aromatic rings. The fourth-order valence-electron chi connectivity index (χ4n) is 5.20. The average Bonchev–Trinajstić information content (AvgIpc) is 3.44. The Labute approximate surface area is 210 Å². The van der Waals surface area contributed by atoms with Crippen molar-refractivity contribution in [3.8, 4) is 0 Å². The third-order valence-electron chi connectivity index (χ3n) is 6.68. The molecule has 6 heteroatoms. The number of benzene rings is 2. The summed E-state index contributed by atoms with van der Waals surface area (Å²) < 4.78 is 0. The van der Waals surface area contributed by atoms with Gasteiger partial charge in [0.15, 0.2) is 5.78 Å². The number of ketones is 1. The molecule has 0 aliphatic carbocycles. The van der Waals surface area contributed by atoms with Gasteiger partial charge in [0.25, 0.3) is 0 Å². The minimum atomic E-state index is -1.13. The highest BCUT2D eigenvalue weighted by molar-refractivity contribution is 7.10. The Bertz CT molecular complexity index is 1220. The smallest absolute Gasteiger partial charge is 0.327 e. The van der Waals surface area contributed by atoms with Crippen LogP contribution in [0.25, 0.3) is 0 Å². The first kappa shape index (κ1) is 24.9. The molecule has 4 unspecified atom stereocenters. The van der Waals surface area contributed by atoms with E-state index < -0.39 is 29.9 Å². The van der Waals surface area contributed by atoms with Crippen molar-refractivity contribution in [2.45, 2.75) is 52.1 Å². The molecule has 4 atom stereocenters. The first-order valence-electron chi connectivity index (χ1n) is 11.9. The summed E-state index contributed by atoms with van der Waals surface area (Å²) in [6, 6.07) is 17.0. The van der Waals surface area contributed by atoms with E-state index in [9.17, 15) is 19.5 Å². The van der Waals surface area contributed by atoms with Gasteiger partial charge in [-0.15, -0.1) is 11.3 Å². The minimum Gasteiger partial charge on any atom is -0.480 e.